The van der Waals surface area contributed by atoms with E-state index in [4.69, 9.17) is 9.47 Å². The minimum atomic E-state index is -0.575. The van der Waals surface area contributed by atoms with Crippen molar-refractivity contribution in [2.24, 2.45) is 0 Å². The Balaban J connectivity index is 0.00000204. The molecule has 3 aliphatic rings. The van der Waals surface area contributed by atoms with E-state index in [1.165, 1.54) is 24.3 Å². The third-order valence-electron chi connectivity index (χ3n) is 9.20. The number of morpholine rings is 1. The van der Waals surface area contributed by atoms with E-state index in [2.05, 4.69) is 34.5 Å². The maximum atomic E-state index is 15.3. The van der Waals surface area contributed by atoms with Crippen LogP contribution >= 0.6 is 0 Å². The molecular weight excluding hydrogens is 589 g/mol. The molecule has 11 heteroatoms. The van der Waals surface area contributed by atoms with Crippen molar-refractivity contribution >= 4 is 22.6 Å². The molecular formula is C35H44FN5O5. The summed E-state index contributed by atoms with van der Waals surface area (Å²) in [7, 11) is 0. The number of halogens is 1. The average Bonchev–Trinajstić information content (AvgIpc) is 3.06. The highest BCUT2D eigenvalue weighted by molar-refractivity contribution is 6.01. The molecule has 10 nitrogen and oxygen atoms in total. The molecule has 0 saturated carbocycles. The van der Waals surface area contributed by atoms with Crippen molar-refractivity contribution in [3.05, 3.63) is 71.9 Å². The smallest absolute Gasteiger partial charge is 0.350 e. The molecule has 3 aliphatic heterocycles. The second-order valence-corrected chi connectivity index (χ2v) is 12.1. The van der Waals surface area contributed by atoms with Gasteiger partial charge in [-0.15, -0.1) is 13.2 Å². The number of aromatic nitrogens is 2. The molecule has 3 atom stereocenters. The molecule has 1 aromatic heterocycles. The second-order valence-electron chi connectivity index (χ2n) is 12.1. The van der Waals surface area contributed by atoms with E-state index in [9.17, 15) is 14.7 Å². The highest BCUT2D eigenvalue weighted by Crippen LogP contribution is 2.48. The van der Waals surface area contributed by atoms with Gasteiger partial charge in [0, 0.05) is 49.2 Å². The Kier molecular flexibility index (Phi) is 10.1. The van der Waals surface area contributed by atoms with Gasteiger partial charge >= 0.3 is 5.69 Å². The molecule has 1 N–H and O–H groups in total. The van der Waals surface area contributed by atoms with Crippen molar-refractivity contribution in [3.8, 4) is 22.6 Å². The molecule has 0 aliphatic carbocycles. The standard InChI is InChI=1S/C33H40FN5O5.C2H4/c1-5-27(41)37-17-22(4)38(18-21(37)3)32-24-16-20(2)28(29-25(34)9-6-10-26(29)40)31-30(24)39(33(42)35-32)23(19-44-31)8-7-11-36-12-14-43-15-13-36;1-2/h5-6,9-10,16,21-23,40H,1,7-8,11-15,17-19H2,2-4H3;1-2H2/t21-,22+,23+;/m1./s1. The van der Waals surface area contributed by atoms with Gasteiger partial charge in [-0.05, 0) is 70.0 Å². The maximum Gasteiger partial charge on any atom is 0.350 e. The Morgan fingerprint density at radius 2 is 1.89 bits per heavy atom. The van der Waals surface area contributed by atoms with E-state index in [1.54, 1.807) is 9.47 Å². The zero-order chi connectivity index (χ0) is 33.1. The fraction of sp³-hybridized carbons (Fsp3) is 0.457. The lowest BCUT2D eigenvalue weighted by Crippen LogP contribution is -2.58. The fourth-order valence-electron chi connectivity index (χ4n) is 6.94. The van der Waals surface area contributed by atoms with Crippen molar-refractivity contribution in [1.29, 1.82) is 0 Å². The van der Waals surface area contributed by atoms with Crippen molar-refractivity contribution in [1.82, 2.24) is 19.4 Å². The zero-order valence-electron chi connectivity index (χ0n) is 27.0. The normalized spacial score (nSPS) is 21.3. The first kappa shape index (κ1) is 33.2. The molecule has 2 saturated heterocycles. The van der Waals surface area contributed by atoms with Gasteiger partial charge in [-0.1, -0.05) is 12.6 Å². The summed E-state index contributed by atoms with van der Waals surface area (Å²) in [5.41, 5.74) is 1.31. The topological polar surface area (TPSA) is 100 Å². The SMILES string of the molecule is C=C.C=CC(=O)N1C[C@H](C)N(c2nc(=O)n3c4c(c(-c5c(O)cccc5F)c(C)cc24)OC[C@@H]3CCCN2CCOCC2)C[C@H]1C. The number of aryl methyl sites for hydroxylation is 1. The molecule has 3 aromatic rings. The molecule has 0 unspecified atom stereocenters. The number of hydrogen-bond donors (Lipinski definition) is 1. The second kappa shape index (κ2) is 14.0. The number of carbonyl (C=O) groups is 1. The van der Waals surface area contributed by atoms with E-state index in [-0.39, 0.29) is 42.0 Å². The van der Waals surface area contributed by atoms with Crippen LogP contribution < -0.4 is 15.3 Å². The molecule has 0 bridgehead atoms. The first-order chi connectivity index (χ1) is 22.2. The van der Waals surface area contributed by atoms with Crippen molar-refractivity contribution < 1.29 is 23.8 Å². The van der Waals surface area contributed by atoms with Gasteiger partial charge in [0.2, 0.25) is 5.91 Å². The van der Waals surface area contributed by atoms with Crippen LogP contribution in [0.15, 0.2) is 54.9 Å². The van der Waals surface area contributed by atoms with Crippen LogP contribution in [0.4, 0.5) is 10.2 Å². The number of rotatable bonds is 7. The summed E-state index contributed by atoms with van der Waals surface area (Å²) in [4.78, 5) is 37.4. The van der Waals surface area contributed by atoms with E-state index >= 15 is 4.39 Å². The van der Waals surface area contributed by atoms with Crippen LogP contribution in [0.25, 0.3) is 22.0 Å². The summed E-state index contributed by atoms with van der Waals surface area (Å²) in [6, 6.07) is 5.60. The Morgan fingerprint density at radius 3 is 2.59 bits per heavy atom. The lowest BCUT2D eigenvalue weighted by molar-refractivity contribution is -0.128. The largest absolute Gasteiger partial charge is 0.507 e. The summed E-state index contributed by atoms with van der Waals surface area (Å²) in [6.45, 7) is 20.7. The van der Waals surface area contributed by atoms with Crippen LogP contribution in [0.3, 0.4) is 0 Å². The number of nitrogens with zero attached hydrogens (tertiary/aromatic N) is 5. The van der Waals surface area contributed by atoms with E-state index in [1.807, 2.05) is 26.8 Å². The van der Waals surface area contributed by atoms with Crippen molar-refractivity contribution in [3.63, 3.8) is 0 Å². The number of piperazine rings is 1. The maximum absolute atomic E-state index is 15.3. The Bertz CT molecular complexity index is 1650. The Hall–Kier alpha value is -4.22. The summed E-state index contributed by atoms with van der Waals surface area (Å²) in [5, 5.41) is 11.5. The van der Waals surface area contributed by atoms with E-state index in [0.29, 0.717) is 47.7 Å². The molecule has 2 fully saturated rings. The van der Waals surface area contributed by atoms with Gasteiger partial charge in [-0.2, -0.15) is 4.98 Å². The number of hydrogen-bond acceptors (Lipinski definition) is 8. The fourth-order valence-corrected chi connectivity index (χ4v) is 6.94. The van der Waals surface area contributed by atoms with Crippen LogP contribution in [0.2, 0.25) is 0 Å². The van der Waals surface area contributed by atoms with Gasteiger partial charge in [-0.25, -0.2) is 9.18 Å². The number of aromatic hydroxyl groups is 1. The summed E-state index contributed by atoms with van der Waals surface area (Å²) >= 11 is 0. The predicted octanol–water partition coefficient (Wildman–Crippen LogP) is 4.68. The third kappa shape index (κ3) is 6.13. The molecule has 0 radical (unpaired) electrons. The molecule has 1 amide bonds. The average molecular weight is 634 g/mol. The number of ether oxygens (including phenoxy) is 2. The molecule has 4 heterocycles. The minimum absolute atomic E-state index is 0.0450. The highest BCUT2D eigenvalue weighted by atomic mass is 19.1. The van der Waals surface area contributed by atoms with E-state index < -0.39 is 11.5 Å². The first-order valence-electron chi connectivity index (χ1n) is 15.9. The number of benzene rings is 2. The number of phenolic OH excluding ortho intramolecular Hbond substituents is 1. The number of anilines is 1. The summed E-state index contributed by atoms with van der Waals surface area (Å²) in [5.74, 6) is -0.0289. The van der Waals surface area contributed by atoms with Gasteiger partial charge in [-0.3, -0.25) is 14.3 Å². The van der Waals surface area contributed by atoms with Crippen LogP contribution in [0.1, 0.15) is 38.3 Å². The molecule has 46 heavy (non-hydrogen) atoms. The lowest BCUT2D eigenvalue weighted by Gasteiger charge is -2.45. The molecule has 6 rings (SSSR count). The van der Waals surface area contributed by atoms with Gasteiger partial charge in [0.25, 0.3) is 0 Å². The predicted molar refractivity (Wildman–Crippen MR) is 178 cm³/mol. The summed E-state index contributed by atoms with van der Waals surface area (Å²) in [6.07, 6.45) is 2.89. The number of amides is 1. The van der Waals surface area contributed by atoms with Crippen molar-refractivity contribution in [2.45, 2.75) is 51.7 Å². The number of phenols is 1. The van der Waals surface area contributed by atoms with Gasteiger partial charge in [0.15, 0.2) is 5.75 Å². The van der Waals surface area contributed by atoms with E-state index in [0.717, 1.165) is 44.7 Å². The van der Waals surface area contributed by atoms with Gasteiger partial charge in [0.05, 0.1) is 30.3 Å². The Labute approximate surface area is 269 Å². The van der Waals surface area contributed by atoms with Crippen LogP contribution in [0, 0.1) is 12.7 Å². The Morgan fingerprint density at radius 1 is 1.15 bits per heavy atom. The quantitative estimate of drug-likeness (QED) is 0.296. The highest BCUT2D eigenvalue weighted by Gasteiger charge is 2.36. The third-order valence-corrected chi connectivity index (χ3v) is 9.20. The van der Waals surface area contributed by atoms with Crippen LogP contribution in [-0.4, -0.2) is 95.0 Å². The van der Waals surface area contributed by atoms with Gasteiger partial charge in [0.1, 0.15) is 24.0 Å². The number of carbonyl (C=O) groups excluding carboxylic acids is 1. The molecule has 0 spiro atoms. The summed E-state index contributed by atoms with van der Waals surface area (Å²) < 4.78 is 28.9. The zero-order valence-corrected chi connectivity index (χ0v) is 27.0. The van der Waals surface area contributed by atoms with Crippen LogP contribution in [-0.2, 0) is 9.53 Å². The van der Waals surface area contributed by atoms with Gasteiger partial charge < -0.3 is 24.4 Å². The molecule has 2 aromatic carbocycles. The minimum Gasteiger partial charge on any atom is -0.507 e. The van der Waals surface area contributed by atoms with Crippen LogP contribution in [0.5, 0.6) is 11.5 Å². The monoisotopic (exact) mass is 633 g/mol. The molecule has 246 valence electrons. The first-order valence-corrected chi connectivity index (χ1v) is 15.9. The van der Waals surface area contributed by atoms with Crippen molar-refractivity contribution in [2.75, 3.05) is 57.4 Å². The lowest BCUT2D eigenvalue weighted by atomic mass is 9.94.